The molecule has 4 aliphatic rings. The molecule has 716 valence electrons. The highest BCUT2D eigenvalue weighted by Gasteiger charge is 2.43. The zero-order valence-corrected chi connectivity index (χ0v) is 83.6. The highest BCUT2D eigenvalue weighted by molar-refractivity contribution is 8.00. The number of thiophene rings is 4. The molecule has 0 fully saturated rings. The van der Waals surface area contributed by atoms with E-state index < -0.39 is 47.5 Å². The third kappa shape index (κ3) is 26.1. The fraction of sp³-hybridized carbons (Fsp3) is 0.170. The van der Waals surface area contributed by atoms with E-state index in [0.29, 0.717) is 42.4 Å². The Morgan fingerprint density at radius 3 is 0.664 bits per heavy atom. The summed E-state index contributed by atoms with van der Waals surface area (Å²) in [6, 6.07) is 83.3. The van der Waals surface area contributed by atoms with Gasteiger partial charge >= 0.3 is 23.9 Å². The summed E-state index contributed by atoms with van der Waals surface area (Å²) in [5.41, 5.74) is 33.4. The molecule has 0 amide bonds. The van der Waals surface area contributed by atoms with Crippen molar-refractivity contribution in [2.45, 2.75) is 78.4 Å². The zero-order valence-electron chi connectivity index (χ0n) is 77.1. The molecule has 0 saturated carbocycles. The van der Waals surface area contributed by atoms with Gasteiger partial charge in [-0.05, 0) is 151 Å². The van der Waals surface area contributed by atoms with Crippen LogP contribution in [0.15, 0.2) is 351 Å². The fourth-order valence-electron chi connectivity index (χ4n) is 14.7. The van der Waals surface area contributed by atoms with E-state index in [2.05, 4.69) is 68.5 Å². The maximum absolute atomic E-state index is 13.1. The summed E-state index contributed by atoms with van der Waals surface area (Å²) < 4.78 is 44.5. The molecule has 12 heterocycles. The molecule has 4 atom stereocenters. The molecule has 0 bridgehead atoms. The van der Waals surface area contributed by atoms with Gasteiger partial charge in [-0.15, -0.1) is 45.3 Å². The van der Waals surface area contributed by atoms with Gasteiger partial charge in [0.05, 0.1) is 160 Å². The maximum atomic E-state index is 13.1. The Bertz CT molecular complexity index is 6420. The molecule has 0 spiro atoms. The smallest absolute Gasteiger partial charge is 0.338 e. The Hall–Kier alpha value is -16.2. The molecule has 4 aliphatic heterocycles. The zero-order chi connectivity index (χ0) is 102. The number of aromatic nitrogens is 4. The molecule has 9 N–H and O–H groups in total. The Balaban J connectivity index is 0.000000168. The highest BCUT2D eigenvalue weighted by Crippen LogP contribution is 2.48. The second-order valence-electron chi connectivity index (χ2n) is 29.6. The van der Waals surface area contributed by atoms with Crippen molar-refractivity contribution in [3.05, 3.63) is 376 Å². The lowest BCUT2D eigenvalue weighted by molar-refractivity contribution is -0.140. The lowest BCUT2D eigenvalue weighted by atomic mass is 9.83. The summed E-state index contributed by atoms with van der Waals surface area (Å²) in [5.74, 6) is -3.81. The predicted molar refractivity (Wildman–Crippen MR) is 548 cm³/mol. The second kappa shape index (κ2) is 52.7. The Morgan fingerprint density at radius 1 is 0.308 bits per heavy atom. The average Bonchev–Trinajstić information content (AvgIpc) is 0.988. The number of allylic oxidation sites excluding steroid dienone is 4. The van der Waals surface area contributed by atoms with Gasteiger partial charge in [0, 0.05) is 6.61 Å². The largest absolute Gasteiger partial charge is 0.463 e. The van der Waals surface area contributed by atoms with E-state index in [0.717, 1.165) is 64.5 Å². The molecule has 16 rings (SSSR count). The number of thioether (sulfide) groups is 4. The van der Waals surface area contributed by atoms with Gasteiger partial charge in [0.15, 0.2) is 0 Å². The molecule has 0 aliphatic carbocycles. The molecule has 8 aromatic heterocycles. The first-order chi connectivity index (χ1) is 69.7. The van der Waals surface area contributed by atoms with Gasteiger partial charge in [-0.3, -0.25) is 0 Å². The lowest BCUT2D eigenvalue weighted by Gasteiger charge is -2.28. The van der Waals surface area contributed by atoms with Crippen LogP contribution >= 0.6 is 92.4 Å². The third-order valence-electron chi connectivity index (χ3n) is 20.9. The van der Waals surface area contributed by atoms with Crippen LogP contribution in [0, 0.1) is 90.6 Å². The molecule has 4 aromatic carbocycles. The van der Waals surface area contributed by atoms with Crippen LogP contribution in [0.5, 0.6) is 0 Å². The van der Waals surface area contributed by atoms with Crippen LogP contribution in [-0.4, -0.2) is 105 Å². The normalized spacial score (nSPS) is 15.0. The molecule has 0 saturated heterocycles. The Morgan fingerprint density at radius 2 is 0.503 bits per heavy atom. The van der Waals surface area contributed by atoms with Gasteiger partial charge in [-0.2, -0.15) is 42.1 Å². The molecule has 4 unspecified atom stereocenters. The van der Waals surface area contributed by atoms with Crippen molar-refractivity contribution in [3.63, 3.8) is 0 Å². The maximum Gasteiger partial charge on any atom is 0.338 e. The second-order valence-corrected chi connectivity index (χ2v) is 37.2. The van der Waals surface area contributed by atoms with Gasteiger partial charge in [-0.25, -0.2) is 39.1 Å². The molecule has 12 aromatic rings. The lowest BCUT2D eigenvalue weighted by Crippen LogP contribution is -2.27. The van der Waals surface area contributed by atoms with Crippen LogP contribution in [0.2, 0.25) is 0 Å². The molecule has 0 radical (unpaired) electrons. The van der Waals surface area contributed by atoms with Crippen molar-refractivity contribution in [1.29, 1.82) is 42.1 Å². The van der Waals surface area contributed by atoms with Crippen molar-refractivity contribution in [2.75, 3.05) is 56.0 Å². The summed E-state index contributed by atoms with van der Waals surface area (Å²) in [6.45, 7) is 9.42. The van der Waals surface area contributed by atoms with Gasteiger partial charge in [0.1, 0.15) is 114 Å². The van der Waals surface area contributed by atoms with Crippen LogP contribution < -0.4 is 22.9 Å². The van der Waals surface area contributed by atoms with Crippen molar-refractivity contribution in [1.82, 2.24) is 19.9 Å². The summed E-state index contributed by atoms with van der Waals surface area (Å²) in [7, 11) is 0. The Kier molecular flexibility index (Phi) is 38.9. The van der Waals surface area contributed by atoms with E-state index in [1.54, 1.807) is 128 Å². The van der Waals surface area contributed by atoms with Crippen molar-refractivity contribution < 1.29 is 62.2 Å². The minimum atomic E-state index is -0.731. The number of pyridine rings is 4. The number of rotatable bonds is 28. The van der Waals surface area contributed by atoms with Gasteiger partial charge in [0.25, 0.3) is 0 Å². The van der Waals surface area contributed by atoms with Crippen molar-refractivity contribution in [2.24, 2.45) is 22.9 Å². The van der Waals surface area contributed by atoms with Crippen LogP contribution in [0.1, 0.15) is 103 Å². The van der Waals surface area contributed by atoms with Crippen LogP contribution in [0.4, 0.5) is 0 Å². The first-order valence-corrected chi connectivity index (χ1v) is 51.2. The molecule has 143 heavy (non-hydrogen) atoms. The van der Waals surface area contributed by atoms with E-state index in [9.17, 15) is 61.3 Å². The summed E-state index contributed by atoms with van der Waals surface area (Å²) in [5, 5.41) is 95.1. The predicted octanol–water partition coefficient (Wildman–Crippen LogP) is 20.4. The van der Waals surface area contributed by atoms with E-state index in [1.807, 2.05) is 191 Å². The van der Waals surface area contributed by atoms with E-state index >= 15 is 0 Å². The van der Waals surface area contributed by atoms with Gasteiger partial charge in [-0.1, -0.05) is 193 Å². The average molecular weight is 2050 g/mol. The number of ether oxygens (including phenoxy) is 8. The molecule has 29 nitrogen and oxygen atoms in total. The monoisotopic (exact) mass is 2050 g/mol. The number of benzene rings is 4. The molecule has 37 heteroatoms. The quantitative estimate of drug-likeness (QED) is 0.0173. The first-order valence-electron chi connectivity index (χ1n) is 43.7. The number of nitrogens with two attached hydrogens (primary N) is 4. The summed E-state index contributed by atoms with van der Waals surface area (Å²) >= 11 is 11.2. The summed E-state index contributed by atoms with van der Waals surface area (Å²) in [6.07, 6.45) is 0. The SMILES string of the molecule is CCO.CCOC(=O)C1=C(CSc2nc(-c3cccs3)ccc2C#N)OC(N)=C(C#N)C1c1ccccc1.CCOC(=O)C1=C(CSc2nc(-c3cccs3)ccc2C#N)OC(N)=C(C#N)C1c1ccccc1.CCOC(=O)C1=C(CSc2nc(-c3cccs3)ccc2C#N)OC(N)=C(C#N)C1c1ccccc1.CCOC(=O)C1=C(CSc2nc(-c3cccs3)ccc2C#N)OC(N)=C(C#N)C1c1ccccc1. The number of carbonyl (C=O) groups is 4. The van der Waals surface area contributed by atoms with E-state index in [1.165, 1.54) is 47.0 Å². The first kappa shape index (κ1) is 106. The number of hydrogen-bond acceptors (Lipinski definition) is 37. The molecular formula is C106H86N16O13S8. The number of aliphatic hydroxyl groups is 1. The Labute approximate surface area is 857 Å². The fourth-order valence-corrected chi connectivity index (χ4v) is 21.1. The van der Waals surface area contributed by atoms with Gasteiger partial charge < -0.3 is 65.9 Å². The number of nitriles is 8. The van der Waals surface area contributed by atoms with E-state index in [4.69, 9.17) is 65.9 Å². The van der Waals surface area contributed by atoms with Crippen molar-refractivity contribution >= 4 is 116 Å². The third-order valence-corrected chi connectivity index (χ3v) is 28.4. The number of hydrogen-bond donors (Lipinski definition) is 5. The number of esters is 4. The minimum Gasteiger partial charge on any atom is -0.463 e. The standard InChI is InChI=1S/4C26H20N4O3S2.C2H6O/c4*1-2-32-26(31)23-20(33-24(29)18(14-28)22(23)16-7-4-3-5-8-16)15-35-25-17(13-27)10-11-19(30-25)21-9-6-12-34-21;1-2-3/h4*3-12,22H,2,15,29H2,1H3;3H,2H2,1H3. The number of aliphatic hydroxyl groups excluding tert-OH is 1. The molecular weight excluding hydrogens is 1960 g/mol. The van der Waals surface area contributed by atoms with Crippen LogP contribution in [0.25, 0.3) is 42.3 Å². The van der Waals surface area contributed by atoms with E-state index in [-0.39, 0.29) is 147 Å². The van der Waals surface area contributed by atoms with Crippen LogP contribution in [-0.2, 0) is 57.1 Å². The number of nitrogens with zero attached hydrogens (tertiary/aromatic N) is 12. The summed E-state index contributed by atoms with van der Waals surface area (Å²) in [4.78, 5) is 75.0. The number of carbonyl (C=O) groups excluding carboxylic acids is 4. The topological polar surface area (TPSA) is 508 Å². The van der Waals surface area contributed by atoms with Crippen molar-refractivity contribution in [3.8, 4) is 90.8 Å². The highest BCUT2D eigenvalue weighted by atomic mass is 32.2. The van der Waals surface area contributed by atoms with Gasteiger partial charge in [0.2, 0.25) is 23.5 Å². The minimum absolute atomic E-state index is 0.0641. The van der Waals surface area contributed by atoms with Crippen LogP contribution in [0.3, 0.4) is 0 Å².